The Morgan fingerprint density at radius 3 is 1.78 bits per heavy atom. The maximum Gasteiger partial charge on any atom is 0.134 e. The van der Waals surface area contributed by atoms with Gasteiger partial charge in [0.15, 0.2) is 0 Å². The molecule has 0 aromatic heterocycles. The molecule has 0 aliphatic carbocycles. The molecule has 0 fully saturated rings. The van der Waals surface area contributed by atoms with Gasteiger partial charge in [-0.05, 0) is 73.0 Å². The maximum atomic E-state index is 9.62. The van der Waals surface area contributed by atoms with E-state index >= 15 is 0 Å². The number of rotatable bonds is 7. The zero-order valence-corrected chi connectivity index (χ0v) is 20.5. The van der Waals surface area contributed by atoms with Gasteiger partial charge in [-0.25, -0.2) is 0 Å². The highest BCUT2D eigenvalue weighted by Crippen LogP contribution is 2.23. The number of phenolic OH excluding ortho intramolecular Hbond substituents is 3. The van der Waals surface area contributed by atoms with E-state index in [1.54, 1.807) is 60.7 Å². The second-order valence-electron chi connectivity index (χ2n) is 7.22. The lowest BCUT2D eigenvalue weighted by Gasteiger charge is -2.05. The SMILES string of the molecule is CCCCCCCCc1cc(Cl)ccc1O.Oc1ccc(Cl)cc1.Oc1ccccc1Cl. The summed E-state index contributed by atoms with van der Waals surface area (Å²) in [6, 6.07) is 18.3. The van der Waals surface area contributed by atoms with Gasteiger partial charge in [-0.3, -0.25) is 0 Å². The van der Waals surface area contributed by atoms with Crippen LogP contribution in [0.1, 0.15) is 51.0 Å². The molecule has 3 N–H and O–H groups in total. The Hall–Kier alpha value is -2.07. The van der Waals surface area contributed by atoms with Crippen LogP contribution in [0.3, 0.4) is 0 Å². The minimum Gasteiger partial charge on any atom is -0.508 e. The number of hydrogen-bond acceptors (Lipinski definition) is 3. The quantitative estimate of drug-likeness (QED) is 0.285. The summed E-state index contributed by atoms with van der Waals surface area (Å²) in [5, 5.41) is 28.8. The van der Waals surface area contributed by atoms with E-state index in [1.807, 2.05) is 6.07 Å². The van der Waals surface area contributed by atoms with Gasteiger partial charge >= 0.3 is 0 Å². The predicted octanol–water partition coefficient (Wildman–Crippen LogP) is 9.04. The summed E-state index contributed by atoms with van der Waals surface area (Å²) in [5.74, 6) is 0.751. The van der Waals surface area contributed by atoms with Crippen LogP contribution in [0.2, 0.25) is 15.1 Å². The summed E-state index contributed by atoms with van der Waals surface area (Å²) in [5.41, 5.74) is 0.975. The molecular formula is C26H31Cl3O3. The van der Waals surface area contributed by atoms with E-state index in [-0.39, 0.29) is 11.5 Å². The van der Waals surface area contributed by atoms with E-state index in [2.05, 4.69) is 6.92 Å². The van der Waals surface area contributed by atoms with Gasteiger partial charge in [0.1, 0.15) is 17.2 Å². The first kappa shape index (κ1) is 28.0. The Bertz CT molecular complexity index is 857. The van der Waals surface area contributed by atoms with Crippen molar-refractivity contribution in [1.29, 1.82) is 0 Å². The van der Waals surface area contributed by atoms with Crippen molar-refractivity contribution in [3.05, 3.63) is 87.4 Å². The van der Waals surface area contributed by atoms with Crippen LogP contribution in [0.4, 0.5) is 0 Å². The Morgan fingerprint density at radius 2 is 1.22 bits per heavy atom. The van der Waals surface area contributed by atoms with E-state index in [1.165, 1.54) is 32.1 Å². The molecule has 0 atom stereocenters. The van der Waals surface area contributed by atoms with Crippen LogP contribution < -0.4 is 0 Å². The second kappa shape index (κ2) is 16.5. The average Bonchev–Trinajstić information content (AvgIpc) is 2.78. The molecule has 3 nitrogen and oxygen atoms in total. The van der Waals surface area contributed by atoms with Crippen molar-refractivity contribution in [1.82, 2.24) is 0 Å². The zero-order chi connectivity index (χ0) is 23.8. The summed E-state index contributed by atoms with van der Waals surface area (Å²) in [6.45, 7) is 2.23. The highest BCUT2D eigenvalue weighted by atomic mass is 35.5. The van der Waals surface area contributed by atoms with Crippen molar-refractivity contribution in [2.75, 3.05) is 0 Å². The lowest BCUT2D eigenvalue weighted by atomic mass is 10.0. The number of benzene rings is 3. The molecule has 174 valence electrons. The summed E-state index contributed by atoms with van der Waals surface area (Å²) >= 11 is 16.8. The summed E-state index contributed by atoms with van der Waals surface area (Å²) in [7, 11) is 0. The van der Waals surface area contributed by atoms with Crippen LogP contribution in [-0.2, 0) is 6.42 Å². The molecule has 3 rings (SSSR count). The topological polar surface area (TPSA) is 60.7 Å². The van der Waals surface area contributed by atoms with E-state index < -0.39 is 0 Å². The van der Waals surface area contributed by atoms with Crippen LogP contribution in [-0.4, -0.2) is 15.3 Å². The van der Waals surface area contributed by atoms with Crippen molar-refractivity contribution in [3.63, 3.8) is 0 Å². The van der Waals surface area contributed by atoms with Gasteiger partial charge in [0.2, 0.25) is 0 Å². The third-order valence-corrected chi connectivity index (χ3v) is 5.33. The maximum absolute atomic E-state index is 9.62. The first-order valence-electron chi connectivity index (χ1n) is 10.7. The van der Waals surface area contributed by atoms with Crippen LogP contribution in [0.25, 0.3) is 0 Å². The summed E-state index contributed by atoms with van der Waals surface area (Å²) in [6.07, 6.45) is 8.56. The van der Waals surface area contributed by atoms with Gasteiger partial charge in [0.25, 0.3) is 0 Å². The molecule has 0 aliphatic heterocycles. The van der Waals surface area contributed by atoms with E-state index in [4.69, 9.17) is 45.0 Å². The number of para-hydroxylation sites is 1. The minimum atomic E-state index is 0.133. The van der Waals surface area contributed by atoms with Crippen molar-refractivity contribution in [2.45, 2.75) is 51.9 Å². The van der Waals surface area contributed by atoms with Gasteiger partial charge in [-0.2, -0.15) is 0 Å². The number of unbranched alkanes of at least 4 members (excludes halogenated alkanes) is 5. The van der Waals surface area contributed by atoms with Crippen LogP contribution >= 0.6 is 34.8 Å². The second-order valence-corrected chi connectivity index (χ2v) is 8.50. The Labute approximate surface area is 206 Å². The molecule has 3 aromatic carbocycles. The molecular weight excluding hydrogens is 467 g/mol. The first-order chi connectivity index (χ1) is 15.3. The number of phenols is 3. The normalized spacial score (nSPS) is 9.88. The standard InChI is InChI=1S/C14H21ClO.2C6H5ClO/c1-2-3-4-5-6-7-8-12-11-13(15)9-10-14(12)16;7-5-1-3-6(8)4-2-5;7-5-3-1-2-4-6(5)8/h9-11,16H,2-8H2,1H3;2*1-4,8H. The zero-order valence-electron chi connectivity index (χ0n) is 18.3. The largest absolute Gasteiger partial charge is 0.508 e. The molecule has 0 saturated heterocycles. The highest BCUT2D eigenvalue weighted by Gasteiger charge is 2.01. The molecule has 6 heteroatoms. The van der Waals surface area contributed by atoms with Gasteiger partial charge in [0.05, 0.1) is 5.02 Å². The fraction of sp³-hybridized carbons (Fsp3) is 0.308. The molecule has 0 amide bonds. The van der Waals surface area contributed by atoms with Gasteiger partial charge in [0, 0.05) is 10.0 Å². The Morgan fingerprint density at radius 1 is 0.625 bits per heavy atom. The smallest absolute Gasteiger partial charge is 0.134 e. The van der Waals surface area contributed by atoms with Crippen molar-refractivity contribution < 1.29 is 15.3 Å². The van der Waals surface area contributed by atoms with Crippen molar-refractivity contribution in [3.8, 4) is 17.2 Å². The van der Waals surface area contributed by atoms with E-state index in [0.29, 0.717) is 20.8 Å². The summed E-state index contributed by atoms with van der Waals surface area (Å²) in [4.78, 5) is 0. The molecule has 0 aliphatic rings. The van der Waals surface area contributed by atoms with Gasteiger partial charge < -0.3 is 15.3 Å². The molecule has 3 aromatic rings. The van der Waals surface area contributed by atoms with Crippen LogP contribution in [0, 0.1) is 0 Å². The monoisotopic (exact) mass is 496 g/mol. The first-order valence-corrected chi connectivity index (χ1v) is 11.8. The Kier molecular flexibility index (Phi) is 14.5. The van der Waals surface area contributed by atoms with Gasteiger partial charge in [-0.1, -0.05) is 86.0 Å². The van der Waals surface area contributed by atoms with Crippen molar-refractivity contribution >= 4 is 34.8 Å². The van der Waals surface area contributed by atoms with Crippen LogP contribution in [0.15, 0.2) is 66.7 Å². The molecule has 0 unspecified atom stereocenters. The third kappa shape index (κ3) is 12.7. The van der Waals surface area contributed by atoms with Gasteiger partial charge in [-0.15, -0.1) is 0 Å². The number of halogens is 3. The number of hydrogen-bond donors (Lipinski definition) is 3. The lowest BCUT2D eigenvalue weighted by Crippen LogP contribution is -1.87. The van der Waals surface area contributed by atoms with E-state index in [0.717, 1.165) is 18.4 Å². The van der Waals surface area contributed by atoms with Crippen LogP contribution in [0.5, 0.6) is 17.2 Å². The minimum absolute atomic E-state index is 0.133. The molecule has 0 heterocycles. The van der Waals surface area contributed by atoms with E-state index in [9.17, 15) is 5.11 Å². The fourth-order valence-corrected chi connectivity index (χ4v) is 3.20. The average molecular weight is 498 g/mol. The Balaban J connectivity index is 0.000000267. The molecule has 0 spiro atoms. The number of aromatic hydroxyl groups is 3. The summed E-state index contributed by atoms with van der Waals surface area (Å²) < 4.78 is 0. The van der Waals surface area contributed by atoms with Crippen molar-refractivity contribution in [2.24, 2.45) is 0 Å². The molecule has 0 bridgehead atoms. The molecule has 32 heavy (non-hydrogen) atoms. The molecule has 0 saturated carbocycles. The predicted molar refractivity (Wildman–Crippen MR) is 136 cm³/mol. The lowest BCUT2D eigenvalue weighted by molar-refractivity contribution is 0.466. The highest BCUT2D eigenvalue weighted by molar-refractivity contribution is 6.32. The number of aryl methyl sites for hydroxylation is 1. The fourth-order valence-electron chi connectivity index (χ4n) is 2.74. The molecule has 0 radical (unpaired) electrons. The third-order valence-electron chi connectivity index (χ3n) is 4.52.